The smallest absolute Gasteiger partial charge is 0.328 e. The number of aliphatic carboxylic acids is 1. The lowest BCUT2D eigenvalue weighted by atomic mass is 9.95. The SMILES string of the molecule is O=C(CC(CNC(=O)[C@@H]1CSCN1)c1ccc(Cl)cc1)N[C@@H](CO)C(=O)O. The van der Waals surface area contributed by atoms with Gasteiger partial charge in [-0.15, -0.1) is 11.8 Å². The maximum Gasteiger partial charge on any atom is 0.328 e. The van der Waals surface area contributed by atoms with E-state index in [0.717, 1.165) is 11.4 Å². The highest BCUT2D eigenvalue weighted by Gasteiger charge is 2.25. The van der Waals surface area contributed by atoms with Crippen LogP contribution in [0.1, 0.15) is 17.9 Å². The highest BCUT2D eigenvalue weighted by atomic mass is 35.5. The summed E-state index contributed by atoms with van der Waals surface area (Å²) in [4.78, 5) is 35.4. The van der Waals surface area contributed by atoms with Crippen molar-refractivity contribution >= 4 is 41.1 Å². The fourth-order valence-electron chi connectivity index (χ4n) is 2.62. The van der Waals surface area contributed by atoms with Gasteiger partial charge in [0.15, 0.2) is 0 Å². The second-order valence-corrected chi connectivity index (χ2v) is 7.58. The van der Waals surface area contributed by atoms with Crippen molar-refractivity contribution in [3.8, 4) is 0 Å². The van der Waals surface area contributed by atoms with E-state index >= 15 is 0 Å². The standard InChI is InChI=1S/C17H22ClN3O5S/c18-12-3-1-10(2-4-12)11(5-15(23)21-13(7-22)17(25)26)6-19-16(24)14-8-27-9-20-14/h1-4,11,13-14,20,22H,5-9H2,(H,19,24)(H,21,23)(H,25,26)/t11?,13-,14-/m0/s1. The molecule has 1 saturated heterocycles. The van der Waals surface area contributed by atoms with Crippen molar-refractivity contribution in [3.63, 3.8) is 0 Å². The summed E-state index contributed by atoms with van der Waals surface area (Å²) >= 11 is 7.54. The molecule has 0 spiro atoms. The fraction of sp³-hybridized carbons (Fsp3) is 0.471. The van der Waals surface area contributed by atoms with Crippen molar-refractivity contribution in [2.45, 2.75) is 24.4 Å². The molecule has 1 aliphatic rings. The van der Waals surface area contributed by atoms with Crippen LogP contribution in [0.3, 0.4) is 0 Å². The molecule has 5 N–H and O–H groups in total. The summed E-state index contributed by atoms with van der Waals surface area (Å²) in [5, 5.41) is 26.7. The Hall–Kier alpha value is -1.81. The number of rotatable bonds is 9. The number of hydrogen-bond acceptors (Lipinski definition) is 6. The molecule has 2 rings (SSSR count). The number of amides is 2. The predicted molar refractivity (Wildman–Crippen MR) is 103 cm³/mol. The molecule has 2 amide bonds. The van der Waals surface area contributed by atoms with Crippen molar-refractivity contribution in [1.29, 1.82) is 0 Å². The maximum atomic E-state index is 12.2. The van der Waals surface area contributed by atoms with Crippen LogP contribution in [0.25, 0.3) is 0 Å². The lowest BCUT2D eigenvalue weighted by Crippen LogP contribution is -2.45. The number of carboxylic acids is 1. The molecule has 8 nitrogen and oxygen atoms in total. The Bertz CT molecular complexity index is 667. The first-order chi connectivity index (χ1) is 12.9. The number of halogens is 1. The molecule has 3 atom stereocenters. The molecule has 1 aromatic rings. The quantitative estimate of drug-likeness (QED) is 0.388. The third-order valence-electron chi connectivity index (χ3n) is 4.14. The molecule has 0 aromatic heterocycles. The number of carboxylic acid groups (broad SMARTS) is 1. The van der Waals surface area contributed by atoms with E-state index < -0.39 is 24.5 Å². The van der Waals surface area contributed by atoms with Crippen LogP contribution in [-0.2, 0) is 14.4 Å². The van der Waals surface area contributed by atoms with Crippen LogP contribution in [0.2, 0.25) is 5.02 Å². The van der Waals surface area contributed by atoms with Gasteiger partial charge in [-0.3, -0.25) is 14.9 Å². The number of nitrogens with one attached hydrogen (secondary N) is 3. The van der Waals surface area contributed by atoms with Gasteiger partial charge in [0.1, 0.15) is 6.04 Å². The van der Waals surface area contributed by atoms with Crippen molar-refractivity contribution < 1.29 is 24.6 Å². The van der Waals surface area contributed by atoms with Crippen LogP contribution >= 0.6 is 23.4 Å². The number of aliphatic hydroxyl groups excluding tert-OH is 1. The lowest BCUT2D eigenvalue weighted by molar-refractivity contribution is -0.143. The summed E-state index contributed by atoms with van der Waals surface area (Å²) in [6, 6.07) is 5.27. The van der Waals surface area contributed by atoms with E-state index in [1.165, 1.54) is 0 Å². The minimum Gasteiger partial charge on any atom is -0.480 e. The average molecular weight is 416 g/mol. The number of carbonyl (C=O) groups excluding carboxylic acids is 2. The Balaban J connectivity index is 2.02. The maximum absolute atomic E-state index is 12.2. The van der Waals surface area contributed by atoms with Gasteiger partial charge < -0.3 is 20.8 Å². The van der Waals surface area contributed by atoms with Crippen LogP contribution in [0.4, 0.5) is 0 Å². The molecule has 0 saturated carbocycles. The van der Waals surface area contributed by atoms with Crippen LogP contribution in [0, 0.1) is 0 Å². The third-order valence-corrected chi connectivity index (χ3v) is 5.34. The summed E-state index contributed by atoms with van der Waals surface area (Å²) in [5.41, 5.74) is 0.791. The van der Waals surface area contributed by atoms with Crippen molar-refractivity contribution in [3.05, 3.63) is 34.9 Å². The molecule has 1 unspecified atom stereocenters. The normalized spacial score (nSPS) is 18.5. The molecule has 1 aromatic carbocycles. The van der Waals surface area contributed by atoms with Gasteiger partial charge >= 0.3 is 5.97 Å². The van der Waals surface area contributed by atoms with Gasteiger partial charge in [0.2, 0.25) is 11.8 Å². The van der Waals surface area contributed by atoms with E-state index in [1.54, 1.807) is 36.0 Å². The summed E-state index contributed by atoms with van der Waals surface area (Å²) < 4.78 is 0. The van der Waals surface area contributed by atoms with Crippen LogP contribution in [0.15, 0.2) is 24.3 Å². The summed E-state index contributed by atoms with van der Waals surface area (Å²) in [5.74, 6) is -0.938. The van der Waals surface area contributed by atoms with Crippen molar-refractivity contribution in [2.75, 3.05) is 24.8 Å². The third kappa shape index (κ3) is 6.69. The van der Waals surface area contributed by atoms with E-state index in [9.17, 15) is 14.4 Å². The molecule has 1 heterocycles. The fourth-order valence-corrected chi connectivity index (χ4v) is 3.68. The lowest BCUT2D eigenvalue weighted by Gasteiger charge is -2.20. The number of benzene rings is 1. The second-order valence-electron chi connectivity index (χ2n) is 6.11. The highest BCUT2D eigenvalue weighted by Crippen LogP contribution is 2.21. The zero-order chi connectivity index (χ0) is 19.8. The molecule has 27 heavy (non-hydrogen) atoms. The number of hydrogen-bond donors (Lipinski definition) is 5. The first-order valence-electron chi connectivity index (χ1n) is 8.38. The van der Waals surface area contributed by atoms with E-state index in [0.29, 0.717) is 10.8 Å². The van der Waals surface area contributed by atoms with E-state index in [1.807, 2.05) is 0 Å². The number of thioether (sulfide) groups is 1. The Labute approximate surface area is 166 Å². The van der Waals surface area contributed by atoms with Gasteiger partial charge in [0.25, 0.3) is 0 Å². The van der Waals surface area contributed by atoms with Crippen molar-refractivity contribution in [2.24, 2.45) is 0 Å². The summed E-state index contributed by atoms with van der Waals surface area (Å²) in [6.45, 7) is -0.484. The topological polar surface area (TPSA) is 128 Å². The monoisotopic (exact) mass is 415 g/mol. The highest BCUT2D eigenvalue weighted by molar-refractivity contribution is 7.99. The molecule has 0 bridgehead atoms. The van der Waals surface area contributed by atoms with E-state index in [4.69, 9.17) is 21.8 Å². The number of carbonyl (C=O) groups is 3. The summed E-state index contributed by atoms with van der Waals surface area (Å²) in [7, 11) is 0. The van der Waals surface area contributed by atoms with Gasteiger partial charge in [-0.2, -0.15) is 0 Å². The van der Waals surface area contributed by atoms with Crippen LogP contribution < -0.4 is 16.0 Å². The Kier molecular flexibility index (Phi) is 8.36. The molecule has 0 aliphatic carbocycles. The zero-order valence-electron chi connectivity index (χ0n) is 14.5. The van der Waals surface area contributed by atoms with Crippen LogP contribution in [-0.4, -0.2) is 64.9 Å². The second kappa shape index (κ2) is 10.5. The molecule has 10 heteroatoms. The minimum atomic E-state index is -1.36. The Morgan fingerprint density at radius 1 is 1.30 bits per heavy atom. The predicted octanol–water partition coefficient (Wildman–Crippen LogP) is 0.154. The van der Waals surface area contributed by atoms with Gasteiger partial charge in [0, 0.05) is 35.5 Å². The molecular formula is C17H22ClN3O5S. The van der Waals surface area contributed by atoms with Gasteiger partial charge in [-0.1, -0.05) is 23.7 Å². The largest absolute Gasteiger partial charge is 0.480 e. The van der Waals surface area contributed by atoms with Gasteiger partial charge in [0.05, 0.1) is 12.6 Å². The zero-order valence-corrected chi connectivity index (χ0v) is 16.1. The first kappa shape index (κ1) is 21.5. The summed E-state index contributed by atoms with van der Waals surface area (Å²) in [6.07, 6.45) is -0.0431. The molecule has 0 radical (unpaired) electrons. The van der Waals surface area contributed by atoms with Crippen LogP contribution in [0.5, 0.6) is 0 Å². The van der Waals surface area contributed by atoms with E-state index in [-0.39, 0.29) is 30.8 Å². The van der Waals surface area contributed by atoms with E-state index in [2.05, 4.69) is 16.0 Å². The number of aliphatic hydroxyl groups is 1. The van der Waals surface area contributed by atoms with Gasteiger partial charge in [-0.05, 0) is 17.7 Å². The van der Waals surface area contributed by atoms with Gasteiger partial charge in [-0.25, -0.2) is 4.79 Å². The molecule has 1 fully saturated rings. The molecule has 148 valence electrons. The molecule has 1 aliphatic heterocycles. The molecular weight excluding hydrogens is 394 g/mol. The minimum absolute atomic E-state index is 0.0431. The Morgan fingerprint density at radius 2 is 2.00 bits per heavy atom. The van der Waals surface area contributed by atoms with Crippen molar-refractivity contribution in [1.82, 2.24) is 16.0 Å². The average Bonchev–Trinajstić information content (AvgIpc) is 3.18. The Morgan fingerprint density at radius 3 is 2.56 bits per heavy atom. The first-order valence-corrected chi connectivity index (χ1v) is 9.91.